The molecule has 2 N–H and O–H groups in total. The van der Waals surface area contributed by atoms with E-state index in [0.29, 0.717) is 6.42 Å². The van der Waals surface area contributed by atoms with Crippen molar-refractivity contribution in [3.63, 3.8) is 0 Å². The van der Waals surface area contributed by atoms with Crippen LogP contribution in [0.15, 0.2) is 0 Å². The summed E-state index contributed by atoms with van der Waals surface area (Å²) in [4.78, 5) is 1.95. The van der Waals surface area contributed by atoms with E-state index in [1.807, 2.05) is 4.90 Å². The van der Waals surface area contributed by atoms with Gasteiger partial charge in [-0.05, 0) is 6.42 Å². The van der Waals surface area contributed by atoms with Crippen LogP contribution < -0.4 is 34.9 Å². The van der Waals surface area contributed by atoms with E-state index in [1.165, 1.54) is 0 Å². The fourth-order valence-corrected chi connectivity index (χ4v) is 2.22. The first kappa shape index (κ1) is 16.8. The summed E-state index contributed by atoms with van der Waals surface area (Å²) in [7, 11) is -4.14. The van der Waals surface area contributed by atoms with Gasteiger partial charge in [0, 0.05) is 38.8 Å². The number of aliphatic hydroxyl groups excluding tert-OH is 1. The average molecular weight is 260 g/mol. The van der Waals surface area contributed by atoms with Crippen LogP contribution in [-0.2, 0) is 10.1 Å². The average Bonchev–Trinajstić information content (AvgIpc) is 2.16. The molecule has 0 amide bonds. The monoisotopic (exact) mass is 260 g/mol. The smallest absolute Gasteiger partial charge is 0.748 e. The van der Waals surface area contributed by atoms with E-state index in [1.54, 1.807) is 0 Å². The van der Waals surface area contributed by atoms with Crippen LogP contribution in [-0.4, -0.2) is 67.6 Å². The molecule has 8 heteroatoms. The minimum Gasteiger partial charge on any atom is -0.748 e. The van der Waals surface area contributed by atoms with Crippen molar-refractivity contribution in [1.29, 1.82) is 0 Å². The molecule has 0 aliphatic carbocycles. The Labute approximate surface area is 118 Å². The van der Waals surface area contributed by atoms with Gasteiger partial charge in [-0.15, -0.1) is 0 Å². The van der Waals surface area contributed by atoms with Gasteiger partial charge in [-0.1, -0.05) is 0 Å². The van der Waals surface area contributed by atoms with E-state index >= 15 is 0 Å². The minimum absolute atomic E-state index is 0. The van der Waals surface area contributed by atoms with Crippen LogP contribution in [0, 0.1) is 0 Å². The fourth-order valence-electron chi connectivity index (χ4n) is 1.76. The number of piperazine rings is 1. The molecule has 1 atom stereocenters. The molecular weight excluding hydrogens is 243 g/mol. The quantitative estimate of drug-likeness (QED) is 0.381. The van der Waals surface area contributed by atoms with E-state index < -0.39 is 10.1 Å². The molecule has 1 aliphatic rings. The Morgan fingerprint density at radius 3 is 2.75 bits per heavy atom. The van der Waals surface area contributed by atoms with E-state index in [0.717, 1.165) is 19.6 Å². The number of nitrogens with zero attached hydrogens (tertiary/aromatic N) is 1. The molecule has 16 heavy (non-hydrogen) atoms. The van der Waals surface area contributed by atoms with Crippen molar-refractivity contribution in [1.82, 2.24) is 10.2 Å². The van der Waals surface area contributed by atoms with Crippen molar-refractivity contribution in [2.75, 3.05) is 38.5 Å². The maximum absolute atomic E-state index is 10.5. The zero-order valence-electron chi connectivity index (χ0n) is 9.55. The first-order valence-electron chi connectivity index (χ1n) is 5.02. The third-order valence-electron chi connectivity index (χ3n) is 2.56. The van der Waals surface area contributed by atoms with Crippen molar-refractivity contribution in [3.8, 4) is 0 Å². The first-order valence-corrected chi connectivity index (χ1v) is 6.60. The Balaban J connectivity index is 0.00000225. The van der Waals surface area contributed by atoms with Gasteiger partial charge in [-0.25, -0.2) is 8.42 Å². The molecule has 0 aromatic carbocycles. The predicted molar refractivity (Wildman–Crippen MR) is 54.5 cm³/mol. The van der Waals surface area contributed by atoms with Crippen molar-refractivity contribution in [2.24, 2.45) is 0 Å². The standard InChI is InChI=1S/C8H18N2O4S.Na/c11-5-1-8-7-9-2-3-10(8)4-6-15(12,13)14;/h8-9,11H,1-7H2,(H,12,13,14);/q;+1/p-1. The summed E-state index contributed by atoms with van der Waals surface area (Å²) in [5.74, 6) is -0.352. The summed E-state index contributed by atoms with van der Waals surface area (Å²) in [6, 6.07) is 0.130. The molecule has 0 radical (unpaired) electrons. The molecule has 0 aromatic rings. The Kier molecular flexibility index (Phi) is 8.39. The summed E-state index contributed by atoms with van der Waals surface area (Å²) >= 11 is 0. The predicted octanol–water partition coefficient (Wildman–Crippen LogP) is -4.81. The van der Waals surface area contributed by atoms with Crippen LogP contribution in [0.1, 0.15) is 6.42 Å². The van der Waals surface area contributed by atoms with Crippen LogP contribution in [0.4, 0.5) is 0 Å². The van der Waals surface area contributed by atoms with E-state index in [-0.39, 0.29) is 54.5 Å². The third-order valence-corrected chi connectivity index (χ3v) is 3.25. The van der Waals surface area contributed by atoms with Crippen LogP contribution in [0.25, 0.3) is 0 Å². The third kappa shape index (κ3) is 6.51. The molecule has 90 valence electrons. The molecule has 1 aliphatic heterocycles. The first-order chi connectivity index (χ1) is 7.03. The molecule has 0 saturated carbocycles. The number of rotatable bonds is 5. The van der Waals surface area contributed by atoms with Crippen molar-refractivity contribution in [2.45, 2.75) is 12.5 Å². The summed E-state index contributed by atoms with van der Waals surface area (Å²) in [5, 5.41) is 12.0. The van der Waals surface area contributed by atoms with Crippen molar-refractivity contribution in [3.05, 3.63) is 0 Å². The molecule has 1 fully saturated rings. The summed E-state index contributed by atoms with van der Waals surface area (Å²) in [6.45, 7) is 2.59. The molecule has 1 heterocycles. The molecule has 0 aromatic heterocycles. The van der Waals surface area contributed by atoms with E-state index in [9.17, 15) is 13.0 Å². The topological polar surface area (TPSA) is 92.7 Å². The zero-order chi connectivity index (χ0) is 11.3. The summed E-state index contributed by atoms with van der Waals surface area (Å²) < 4.78 is 31.5. The van der Waals surface area contributed by atoms with Gasteiger partial charge < -0.3 is 15.0 Å². The van der Waals surface area contributed by atoms with Gasteiger partial charge in [0.05, 0.1) is 15.9 Å². The van der Waals surface area contributed by atoms with Gasteiger partial charge in [0.25, 0.3) is 0 Å². The summed E-state index contributed by atoms with van der Waals surface area (Å²) in [5.41, 5.74) is 0. The largest absolute Gasteiger partial charge is 1.00 e. The van der Waals surface area contributed by atoms with Crippen molar-refractivity contribution >= 4 is 10.1 Å². The molecule has 6 nitrogen and oxygen atoms in total. The Bertz CT molecular complexity index is 284. The van der Waals surface area contributed by atoms with Crippen molar-refractivity contribution < 1.29 is 47.6 Å². The Morgan fingerprint density at radius 2 is 2.19 bits per heavy atom. The second-order valence-corrected chi connectivity index (χ2v) is 5.19. The van der Waals surface area contributed by atoms with Gasteiger partial charge in [0.2, 0.25) is 0 Å². The normalized spacial score (nSPS) is 22.8. The number of hydrogen-bond acceptors (Lipinski definition) is 6. The van der Waals surface area contributed by atoms with E-state index in [2.05, 4.69) is 5.32 Å². The second kappa shape index (κ2) is 7.99. The van der Waals surface area contributed by atoms with Gasteiger partial charge in [0.1, 0.15) is 0 Å². The molecule has 0 bridgehead atoms. The molecular formula is C8H17N2NaO4S. The number of nitrogens with one attached hydrogen (secondary N) is 1. The summed E-state index contributed by atoms with van der Waals surface area (Å²) in [6.07, 6.45) is 0.603. The molecule has 1 saturated heterocycles. The second-order valence-electron chi connectivity index (χ2n) is 3.67. The Hall–Kier alpha value is 0.790. The number of aliphatic hydroxyl groups is 1. The molecule has 1 rings (SSSR count). The van der Waals surface area contributed by atoms with Crippen LogP contribution in [0.2, 0.25) is 0 Å². The van der Waals surface area contributed by atoms with Crippen LogP contribution >= 0.6 is 0 Å². The number of hydrogen-bond donors (Lipinski definition) is 2. The Morgan fingerprint density at radius 1 is 1.50 bits per heavy atom. The van der Waals surface area contributed by atoms with Crippen LogP contribution in [0.3, 0.4) is 0 Å². The molecule has 0 spiro atoms. The van der Waals surface area contributed by atoms with Gasteiger partial charge in [-0.3, -0.25) is 4.90 Å². The SMILES string of the molecule is O=S(=O)([O-])CCN1CCNCC1CCO.[Na+]. The zero-order valence-corrected chi connectivity index (χ0v) is 12.4. The maximum Gasteiger partial charge on any atom is 1.00 e. The van der Waals surface area contributed by atoms with E-state index in [4.69, 9.17) is 5.11 Å². The van der Waals surface area contributed by atoms with Gasteiger partial charge in [0.15, 0.2) is 0 Å². The fraction of sp³-hybridized carbons (Fsp3) is 1.00. The van der Waals surface area contributed by atoms with Gasteiger partial charge >= 0.3 is 29.6 Å². The molecule has 1 unspecified atom stereocenters. The maximum atomic E-state index is 10.5. The van der Waals surface area contributed by atoms with Gasteiger partial charge in [-0.2, -0.15) is 0 Å². The van der Waals surface area contributed by atoms with Crippen LogP contribution in [0.5, 0.6) is 0 Å². The minimum atomic E-state index is -4.14.